The van der Waals surface area contributed by atoms with E-state index in [4.69, 9.17) is 14.2 Å². The van der Waals surface area contributed by atoms with Gasteiger partial charge < -0.3 is 24.8 Å². The van der Waals surface area contributed by atoms with E-state index in [2.05, 4.69) is 20.6 Å². The molecule has 3 aromatic rings. The molecule has 0 spiro atoms. The van der Waals surface area contributed by atoms with Crippen molar-refractivity contribution in [3.8, 4) is 17.2 Å². The second kappa shape index (κ2) is 8.87. The number of nitrogens with zero attached hydrogens (tertiary/aromatic N) is 2. The fourth-order valence-corrected chi connectivity index (χ4v) is 2.56. The van der Waals surface area contributed by atoms with E-state index in [1.807, 2.05) is 0 Å². The molecule has 1 heterocycles. The predicted octanol–water partition coefficient (Wildman–Crippen LogP) is 3.64. The van der Waals surface area contributed by atoms with Crippen LogP contribution in [0.3, 0.4) is 0 Å². The van der Waals surface area contributed by atoms with Gasteiger partial charge in [0.1, 0.15) is 17.3 Å². The highest BCUT2D eigenvalue weighted by Gasteiger charge is 2.14. The Bertz CT molecular complexity index is 987. The number of carbonyl (C=O) groups excluding carboxylic acids is 1. The lowest BCUT2D eigenvalue weighted by Crippen LogP contribution is -2.15. The molecule has 1 aromatic heterocycles. The number of ether oxygens (including phenoxy) is 3. The summed E-state index contributed by atoms with van der Waals surface area (Å²) in [6.07, 6.45) is 2.68. The largest absolute Gasteiger partial charge is 0.493 e. The van der Waals surface area contributed by atoms with Crippen molar-refractivity contribution >= 4 is 23.1 Å². The van der Waals surface area contributed by atoms with E-state index < -0.39 is 11.7 Å². The molecule has 3 rings (SSSR count). The van der Waals surface area contributed by atoms with E-state index >= 15 is 0 Å². The minimum atomic E-state index is -0.568. The van der Waals surface area contributed by atoms with E-state index in [1.54, 1.807) is 18.2 Å². The first-order valence-corrected chi connectivity index (χ1v) is 8.50. The number of aromatic nitrogens is 2. The van der Waals surface area contributed by atoms with E-state index in [0.717, 1.165) is 0 Å². The number of amides is 1. The van der Waals surface area contributed by atoms with Gasteiger partial charge >= 0.3 is 0 Å². The van der Waals surface area contributed by atoms with Crippen LogP contribution >= 0.6 is 0 Å². The van der Waals surface area contributed by atoms with Crippen molar-refractivity contribution in [1.29, 1.82) is 0 Å². The Labute approximate surface area is 166 Å². The fourth-order valence-electron chi connectivity index (χ4n) is 2.56. The number of halogens is 1. The van der Waals surface area contributed by atoms with Crippen LogP contribution in [0.4, 0.5) is 21.6 Å². The number of methoxy groups -OCH3 is 3. The van der Waals surface area contributed by atoms with Crippen LogP contribution in [0.15, 0.2) is 48.8 Å². The molecule has 1 amide bonds. The molecule has 29 heavy (non-hydrogen) atoms. The Morgan fingerprint density at radius 1 is 0.966 bits per heavy atom. The molecule has 0 saturated carbocycles. The average Bonchev–Trinajstić information content (AvgIpc) is 2.75. The Morgan fingerprint density at radius 2 is 1.66 bits per heavy atom. The number of para-hydroxylation sites is 1. The lowest BCUT2D eigenvalue weighted by atomic mass is 10.2. The Morgan fingerprint density at radius 3 is 2.21 bits per heavy atom. The summed E-state index contributed by atoms with van der Waals surface area (Å²) in [6.45, 7) is 0. The van der Waals surface area contributed by atoms with Crippen LogP contribution in [-0.4, -0.2) is 37.2 Å². The number of anilines is 3. The summed E-state index contributed by atoms with van der Waals surface area (Å²) in [5, 5.41) is 5.50. The Kier molecular flexibility index (Phi) is 6.08. The summed E-state index contributed by atoms with van der Waals surface area (Å²) >= 11 is 0. The highest BCUT2D eigenvalue weighted by Crippen LogP contribution is 2.40. The topological polar surface area (TPSA) is 94.6 Å². The van der Waals surface area contributed by atoms with Gasteiger partial charge in [-0.05, 0) is 12.1 Å². The molecule has 0 radical (unpaired) electrons. The standard InChI is InChI=1S/C20H19FN4O4/c1-27-16-8-12(9-17(28-2)19(16)29-3)24-18-11-22-15(10-23-18)20(26)25-14-7-5-4-6-13(14)21/h4-11H,1-3H3,(H,23,24)(H,25,26). The molecule has 2 N–H and O–H groups in total. The van der Waals surface area contributed by atoms with Gasteiger partial charge in [-0.15, -0.1) is 0 Å². The molecule has 0 unspecified atom stereocenters. The summed E-state index contributed by atoms with van der Waals surface area (Å²) in [4.78, 5) is 20.5. The van der Waals surface area contributed by atoms with Crippen molar-refractivity contribution in [3.05, 3.63) is 60.3 Å². The second-order valence-electron chi connectivity index (χ2n) is 5.76. The highest BCUT2D eigenvalue weighted by atomic mass is 19.1. The van der Waals surface area contributed by atoms with E-state index in [-0.39, 0.29) is 11.4 Å². The maximum absolute atomic E-state index is 13.7. The molecule has 0 aliphatic heterocycles. The third kappa shape index (κ3) is 4.52. The van der Waals surface area contributed by atoms with E-state index in [0.29, 0.717) is 28.8 Å². The Balaban J connectivity index is 1.75. The second-order valence-corrected chi connectivity index (χ2v) is 5.76. The van der Waals surface area contributed by atoms with Gasteiger partial charge in [0, 0.05) is 17.8 Å². The van der Waals surface area contributed by atoms with Crippen LogP contribution in [0.2, 0.25) is 0 Å². The number of carbonyl (C=O) groups is 1. The van der Waals surface area contributed by atoms with Crippen LogP contribution in [0.25, 0.3) is 0 Å². The minimum absolute atomic E-state index is 0.0451. The normalized spacial score (nSPS) is 10.2. The molecule has 9 heteroatoms. The smallest absolute Gasteiger partial charge is 0.275 e. The summed E-state index contributed by atoms with van der Waals surface area (Å²) < 4.78 is 29.6. The highest BCUT2D eigenvalue weighted by molar-refractivity contribution is 6.02. The zero-order valence-corrected chi connectivity index (χ0v) is 16.0. The zero-order valence-electron chi connectivity index (χ0n) is 16.0. The molecule has 0 saturated heterocycles. The first kappa shape index (κ1) is 19.9. The van der Waals surface area contributed by atoms with E-state index in [1.165, 1.54) is 51.9 Å². The maximum atomic E-state index is 13.7. The fraction of sp³-hybridized carbons (Fsp3) is 0.150. The van der Waals surface area contributed by atoms with Crippen LogP contribution in [0.1, 0.15) is 10.5 Å². The lowest BCUT2D eigenvalue weighted by molar-refractivity contribution is 0.102. The van der Waals surface area contributed by atoms with Gasteiger partial charge in [-0.25, -0.2) is 14.4 Å². The van der Waals surface area contributed by atoms with Gasteiger partial charge in [0.25, 0.3) is 5.91 Å². The Hall–Kier alpha value is -3.88. The first-order chi connectivity index (χ1) is 14.0. The molecule has 150 valence electrons. The van der Waals surface area contributed by atoms with Crippen molar-refractivity contribution in [1.82, 2.24) is 9.97 Å². The SMILES string of the molecule is COc1cc(Nc2cnc(C(=O)Nc3ccccc3F)cn2)cc(OC)c1OC. The third-order valence-corrected chi connectivity index (χ3v) is 3.94. The number of hydrogen-bond donors (Lipinski definition) is 2. The molecule has 8 nitrogen and oxygen atoms in total. The first-order valence-electron chi connectivity index (χ1n) is 8.50. The molecular formula is C20H19FN4O4. The van der Waals surface area contributed by atoms with Crippen molar-refractivity contribution < 1.29 is 23.4 Å². The number of nitrogens with one attached hydrogen (secondary N) is 2. The summed E-state index contributed by atoms with van der Waals surface area (Å²) in [7, 11) is 4.55. The summed E-state index contributed by atoms with van der Waals surface area (Å²) in [5.41, 5.74) is 0.736. The van der Waals surface area contributed by atoms with E-state index in [9.17, 15) is 9.18 Å². The predicted molar refractivity (Wildman–Crippen MR) is 106 cm³/mol. The van der Waals surface area contributed by atoms with Gasteiger partial charge in [0.15, 0.2) is 11.5 Å². The summed E-state index contributed by atoms with van der Waals surface area (Å²) in [5.74, 6) is 0.705. The van der Waals surface area contributed by atoms with Gasteiger partial charge in [-0.1, -0.05) is 12.1 Å². The maximum Gasteiger partial charge on any atom is 0.275 e. The van der Waals surface area contributed by atoms with Gasteiger partial charge in [-0.2, -0.15) is 0 Å². The molecule has 0 bridgehead atoms. The van der Waals surface area contributed by atoms with Gasteiger partial charge in [0.05, 0.1) is 39.4 Å². The molecule has 0 atom stereocenters. The zero-order chi connectivity index (χ0) is 20.8. The molecule has 2 aromatic carbocycles. The quantitative estimate of drug-likeness (QED) is 0.627. The minimum Gasteiger partial charge on any atom is -0.493 e. The number of hydrogen-bond acceptors (Lipinski definition) is 7. The van der Waals surface area contributed by atoms with Crippen LogP contribution in [0, 0.1) is 5.82 Å². The van der Waals surface area contributed by atoms with Crippen molar-refractivity contribution in [3.63, 3.8) is 0 Å². The molecular weight excluding hydrogens is 379 g/mol. The van der Waals surface area contributed by atoms with Gasteiger partial charge in [0.2, 0.25) is 5.75 Å². The summed E-state index contributed by atoms with van der Waals surface area (Å²) in [6, 6.07) is 9.29. The van der Waals surface area contributed by atoms with Crippen molar-refractivity contribution in [2.45, 2.75) is 0 Å². The van der Waals surface area contributed by atoms with Crippen LogP contribution < -0.4 is 24.8 Å². The van der Waals surface area contributed by atoms with Crippen molar-refractivity contribution in [2.24, 2.45) is 0 Å². The molecule has 0 aliphatic carbocycles. The monoisotopic (exact) mass is 398 g/mol. The van der Waals surface area contributed by atoms with Crippen LogP contribution in [-0.2, 0) is 0 Å². The molecule has 0 aliphatic rings. The average molecular weight is 398 g/mol. The molecule has 0 fully saturated rings. The van der Waals surface area contributed by atoms with Crippen LogP contribution in [0.5, 0.6) is 17.2 Å². The number of rotatable bonds is 7. The third-order valence-electron chi connectivity index (χ3n) is 3.94. The number of benzene rings is 2. The lowest BCUT2D eigenvalue weighted by Gasteiger charge is -2.14. The van der Waals surface area contributed by atoms with Gasteiger partial charge in [-0.3, -0.25) is 4.79 Å². The van der Waals surface area contributed by atoms with Crippen molar-refractivity contribution in [2.75, 3.05) is 32.0 Å².